The van der Waals surface area contributed by atoms with E-state index in [0.717, 1.165) is 24.8 Å². The molecule has 5 N–H and O–H groups in total. The number of carbonyl (C=O) groups is 6. The van der Waals surface area contributed by atoms with Crippen LogP contribution in [0, 0.1) is 17.7 Å². The SMILES string of the molecule is O=C1CCC(N2Cc3c(C#CCCCNC(=O)c4ccc(NC(=O)[C@H]5NC6(CCCCC6)[C@@]6(C(=O)Nc7cc(Cl)ccc76)[C@H]5c5cccc(Cl)c5F)cc4)cccc3C2=O)C(=O)N1. The molecule has 6 amide bonds. The average molecular weight is 890 g/mol. The topological polar surface area (TPSA) is 166 Å². The fourth-order valence-corrected chi connectivity index (χ4v) is 10.8. The standard InChI is InChI=1S/C48H43Cl2FN6O6/c49-29-16-19-34-36(25-29)54-46(63)48(34)39(32-12-8-13-35(50)40(32)51)41(56-47(48)22-4-2-5-23-47)44(61)53-30-17-14-28(15-18-30)42(59)52-24-6-1-3-9-27-10-7-11-31-33(27)26-57(45(31)62)37-20-21-38(58)55-43(37)60/h7-8,10-19,25,37,39,41,56H,1-2,4-6,20-24,26H2,(H,52,59)(H,53,61)(H,54,63)(H,55,58,60)/t37?,39-,41-,48+/m0/s1. The van der Waals surface area contributed by atoms with E-state index in [1.165, 1.54) is 11.0 Å². The molecule has 4 aromatic carbocycles. The first-order valence-corrected chi connectivity index (χ1v) is 21.9. The molecule has 1 saturated carbocycles. The van der Waals surface area contributed by atoms with Crippen molar-refractivity contribution in [3.8, 4) is 11.8 Å². The van der Waals surface area contributed by atoms with Gasteiger partial charge in [0, 0.05) is 70.5 Å². The second kappa shape index (κ2) is 16.9. The van der Waals surface area contributed by atoms with E-state index in [2.05, 4.69) is 38.4 Å². The van der Waals surface area contributed by atoms with Crippen molar-refractivity contribution in [3.05, 3.63) is 128 Å². The fourth-order valence-electron chi connectivity index (χ4n) is 10.5. The van der Waals surface area contributed by atoms with Gasteiger partial charge in [0.25, 0.3) is 11.8 Å². The Morgan fingerprint density at radius 2 is 1.70 bits per heavy atom. The molecule has 4 atom stereocenters. The Kier molecular flexibility index (Phi) is 11.3. The van der Waals surface area contributed by atoms with Crippen molar-refractivity contribution in [1.29, 1.82) is 0 Å². The van der Waals surface area contributed by atoms with Crippen LogP contribution >= 0.6 is 23.2 Å². The Labute approximate surface area is 373 Å². The van der Waals surface area contributed by atoms with Gasteiger partial charge in [0.2, 0.25) is 23.6 Å². The van der Waals surface area contributed by atoms with Crippen LogP contribution in [0.1, 0.15) is 107 Å². The molecule has 3 fully saturated rings. The Morgan fingerprint density at radius 1 is 0.921 bits per heavy atom. The number of piperidine rings is 1. The molecule has 15 heteroatoms. The molecule has 4 heterocycles. The molecule has 63 heavy (non-hydrogen) atoms. The highest BCUT2D eigenvalue weighted by atomic mass is 35.5. The van der Waals surface area contributed by atoms with E-state index in [9.17, 15) is 28.8 Å². The van der Waals surface area contributed by atoms with E-state index in [1.54, 1.807) is 66.7 Å². The van der Waals surface area contributed by atoms with Crippen LogP contribution in [0.25, 0.3) is 0 Å². The highest BCUT2D eigenvalue weighted by Gasteiger charge is 2.72. The average Bonchev–Trinajstić information content (AvgIpc) is 3.87. The molecular weight excluding hydrogens is 846 g/mol. The van der Waals surface area contributed by atoms with Crippen molar-refractivity contribution in [2.24, 2.45) is 0 Å². The Hall–Kier alpha value is -6.07. The van der Waals surface area contributed by atoms with Gasteiger partial charge in [-0.15, -0.1) is 0 Å². The van der Waals surface area contributed by atoms with Crippen LogP contribution in [0.15, 0.2) is 78.9 Å². The van der Waals surface area contributed by atoms with Gasteiger partial charge >= 0.3 is 0 Å². The zero-order valence-corrected chi connectivity index (χ0v) is 35.6. The summed E-state index contributed by atoms with van der Waals surface area (Å²) in [7, 11) is 0. The van der Waals surface area contributed by atoms with Crippen molar-refractivity contribution >= 4 is 70.0 Å². The first-order chi connectivity index (χ1) is 30.4. The summed E-state index contributed by atoms with van der Waals surface area (Å²) in [6, 6.07) is 19.9. The number of halogens is 3. The lowest BCUT2D eigenvalue weighted by molar-refractivity contribution is -0.137. The summed E-state index contributed by atoms with van der Waals surface area (Å²) in [4.78, 5) is 80.9. The summed E-state index contributed by atoms with van der Waals surface area (Å²) >= 11 is 12.8. The minimum Gasteiger partial charge on any atom is -0.352 e. The second-order valence-corrected chi connectivity index (χ2v) is 17.6. The third-order valence-corrected chi connectivity index (χ3v) is 13.8. The lowest BCUT2D eigenvalue weighted by Gasteiger charge is -2.47. The number of amides is 6. The number of benzene rings is 4. The molecule has 2 spiro atoms. The van der Waals surface area contributed by atoms with E-state index < -0.39 is 46.6 Å². The lowest BCUT2D eigenvalue weighted by Crippen LogP contribution is -2.60. The summed E-state index contributed by atoms with van der Waals surface area (Å²) < 4.78 is 16.2. The first kappa shape index (κ1) is 42.2. The molecule has 322 valence electrons. The molecule has 9 rings (SSSR count). The summed E-state index contributed by atoms with van der Waals surface area (Å²) in [5.41, 5.74) is 1.82. The van der Waals surface area contributed by atoms with Gasteiger partial charge in [0.05, 0.1) is 11.1 Å². The molecule has 4 aliphatic heterocycles. The van der Waals surface area contributed by atoms with Crippen LogP contribution in [0.4, 0.5) is 15.8 Å². The fraction of sp³-hybridized carbons (Fsp3) is 0.333. The quantitative estimate of drug-likeness (QED) is 0.0743. The molecule has 0 radical (unpaired) electrons. The maximum atomic E-state index is 16.2. The van der Waals surface area contributed by atoms with Crippen molar-refractivity contribution in [3.63, 3.8) is 0 Å². The molecule has 12 nitrogen and oxygen atoms in total. The number of imide groups is 1. The minimum absolute atomic E-state index is 0.113. The molecule has 4 aromatic rings. The van der Waals surface area contributed by atoms with Gasteiger partial charge in [-0.05, 0) is 97.0 Å². The number of hydrogen-bond donors (Lipinski definition) is 5. The van der Waals surface area contributed by atoms with Gasteiger partial charge in [-0.25, -0.2) is 4.39 Å². The Morgan fingerprint density at radius 3 is 2.48 bits per heavy atom. The van der Waals surface area contributed by atoms with Crippen LogP contribution < -0.4 is 26.6 Å². The van der Waals surface area contributed by atoms with Crippen molar-refractivity contribution < 1.29 is 33.2 Å². The van der Waals surface area contributed by atoms with Crippen molar-refractivity contribution in [2.75, 3.05) is 17.2 Å². The monoisotopic (exact) mass is 888 g/mol. The van der Waals surface area contributed by atoms with Gasteiger partial charge < -0.3 is 20.9 Å². The minimum atomic E-state index is -1.36. The highest BCUT2D eigenvalue weighted by molar-refractivity contribution is 6.31. The molecule has 1 aliphatic carbocycles. The van der Waals surface area contributed by atoms with Gasteiger partial charge in [0.1, 0.15) is 17.3 Å². The maximum absolute atomic E-state index is 16.2. The molecule has 5 aliphatic rings. The molecule has 1 unspecified atom stereocenters. The molecule has 0 aromatic heterocycles. The van der Waals surface area contributed by atoms with Crippen molar-refractivity contribution in [2.45, 2.75) is 93.3 Å². The number of fused-ring (bicyclic) bond motifs is 4. The zero-order valence-electron chi connectivity index (χ0n) is 34.0. The number of unbranched alkanes of at least 4 members (excludes halogenated alkanes) is 1. The highest BCUT2D eigenvalue weighted by Crippen LogP contribution is 2.63. The summed E-state index contributed by atoms with van der Waals surface area (Å²) in [6.07, 6.45) is 5.25. The smallest absolute Gasteiger partial charge is 0.255 e. The molecular formula is C48H43Cl2FN6O6. The molecule has 2 saturated heterocycles. The largest absolute Gasteiger partial charge is 0.352 e. The Bertz CT molecular complexity index is 2660. The summed E-state index contributed by atoms with van der Waals surface area (Å²) in [6.45, 7) is 0.581. The van der Waals surface area contributed by atoms with Gasteiger partial charge in [-0.2, -0.15) is 0 Å². The maximum Gasteiger partial charge on any atom is 0.255 e. The van der Waals surface area contributed by atoms with Crippen molar-refractivity contribution in [1.82, 2.24) is 20.9 Å². The van der Waals surface area contributed by atoms with Gasteiger partial charge in [-0.1, -0.05) is 78.6 Å². The number of carbonyl (C=O) groups excluding carboxylic acids is 6. The van der Waals surface area contributed by atoms with E-state index >= 15 is 4.39 Å². The third kappa shape index (κ3) is 7.33. The number of nitrogens with one attached hydrogen (secondary N) is 5. The number of anilines is 2. The first-order valence-electron chi connectivity index (χ1n) is 21.2. The van der Waals surface area contributed by atoms with E-state index in [-0.39, 0.29) is 53.6 Å². The normalized spacial score (nSPS) is 23.2. The second-order valence-electron chi connectivity index (χ2n) is 16.8. The third-order valence-electron chi connectivity index (χ3n) is 13.3. The number of hydrogen-bond acceptors (Lipinski definition) is 7. The van der Waals surface area contributed by atoms with Crippen LogP contribution in [-0.4, -0.2) is 64.5 Å². The summed E-state index contributed by atoms with van der Waals surface area (Å²) in [5.74, 6) is 2.42. The van der Waals surface area contributed by atoms with Crippen LogP contribution in [0.3, 0.4) is 0 Å². The van der Waals surface area contributed by atoms with Crippen LogP contribution in [0.2, 0.25) is 10.0 Å². The zero-order chi connectivity index (χ0) is 44.0. The Balaban J connectivity index is 0.860. The van der Waals surface area contributed by atoms with Gasteiger partial charge in [0.15, 0.2) is 0 Å². The van der Waals surface area contributed by atoms with Gasteiger partial charge in [-0.3, -0.25) is 39.4 Å². The summed E-state index contributed by atoms with van der Waals surface area (Å²) in [5, 5.41) is 15.2. The predicted octanol–water partition coefficient (Wildman–Crippen LogP) is 6.74. The number of nitrogens with zero attached hydrogens (tertiary/aromatic N) is 1. The predicted molar refractivity (Wildman–Crippen MR) is 235 cm³/mol. The van der Waals surface area contributed by atoms with E-state index in [0.29, 0.717) is 70.9 Å². The van der Waals surface area contributed by atoms with Crippen LogP contribution in [-0.2, 0) is 31.1 Å². The number of rotatable bonds is 8. The molecule has 0 bridgehead atoms. The van der Waals surface area contributed by atoms with Crippen LogP contribution in [0.5, 0.6) is 0 Å². The lowest BCUT2D eigenvalue weighted by atomic mass is 9.55. The van der Waals surface area contributed by atoms with E-state index in [4.69, 9.17) is 23.2 Å². The van der Waals surface area contributed by atoms with E-state index in [1.807, 2.05) is 6.07 Å².